The molecule has 1 unspecified atom stereocenters. The van der Waals surface area contributed by atoms with Crippen molar-refractivity contribution in [3.05, 3.63) is 0 Å². The predicted molar refractivity (Wildman–Crippen MR) is 27.1 cm³/mol. The Kier molecular flexibility index (Phi) is 4.28. The van der Waals surface area contributed by atoms with Gasteiger partial charge in [0.05, 0.1) is 13.2 Å². The highest BCUT2D eigenvalue weighted by Crippen LogP contribution is 1.74. The van der Waals surface area contributed by atoms with E-state index in [2.05, 4.69) is 4.18 Å². The third kappa shape index (κ3) is 6.07. The summed E-state index contributed by atoms with van der Waals surface area (Å²) in [6.45, 7) is 0.0860. The molecule has 0 bridgehead atoms. The van der Waals surface area contributed by atoms with Gasteiger partial charge >= 0.3 is 0 Å². The normalized spacial score (nSPS) is 14.0. The molecule has 0 saturated heterocycles. The maximum atomic E-state index is 9.98. The molecule has 0 fully saturated rings. The quantitative estimate of drug-likeness (QED) is 0.540. The molecule has 44 valence electrons. The molecule has 0 amide bonds. The average molecular weight is 124 g/mol. The van der Waals surface area contributed by atoms with Gasteiger partial charge in [-0.1, -0.05) is 0 Å². The molecule has 0 aromatic carbocycles. The summed E-state index contributed by atoms with van der Waals surface area (Å²) in [6.07, 6.45) is 1.41. The molecule has 1 N–H and O–H groups in total. The van der Waals surface area contributed by atoms with Crippen LogP contribution in [-0.2, 0) is 15.3 Å². The van der Waals surface area contributed by atoms with E-state index in [-0.39, 0.29) is 13.2 Å². The van der Waals surface area contributed by atoms with Gasteiger partial charge in [0.1, 0.15) is 0 Å². The van der Waals surface area contributed by atoms with Gasteiger partial charge < -0.3 is 5.11 Å². The van der Waals surface area contributed by atoms with Crippen LogP contribution in [-0.4, -0.2) is 28.8 Å². The fraction of sp³-hybridized carbons (Fsp3) is 1.00. The fourth-order valence-electron chi connectivity index (χ4n) is 0.155. The van der Waals surface area contributed by atoms with Crippen LogP contribution in [0.3, 0.4) is 0 Å². The van der Waals surface area contributed by atoms with E-state index in [0.29, 0.717) is 0 Å². The Morgan fingerprint density at radius 1 is 1.86 bits per heavy atom. The van der Waals surface area contributed by atoms with Crippen molar-refractivity contribution >= 4 is 11.1 Å². The highest BCUT2D eigenvalue weighted by Gasteiger charge is 1.84. The molecule has 1 atom stereocenters. The fourth-order valence-corrected chi connectivity index (χ4v) is 0.464. The Labute approximate surface area is 45.0 Å². The number of rotatable bonds is 3. The summed E-state index contributed by atoms with van der Waals surface area (Å²) in [5, 5.41) is 8.06. The summed E-state index contributed by atoms with van der Waals surface area (Å²) >= 11 is -1.23. The molecule has 0 saturated carbocycles. The number of hydrogen-bond acceptors (Lipinski definition) is 3. The second-order valence-corrected chi connectivity index (χ2v) is 1.99. The molecule has 0 rings (SSSR count). The molecule has 0 aromatic heterocycles. The van der Waals surface area contributed by atoms with Crippen LogP contribution in [0, 0.1) is 0 Å². The second kappa shape index (κ2) is 4.23. The first-order valence-corrected chi connectivity index (χ1v) is 3.33. The zero-order chi connectivity index (χ0) is 5.70. The van der Waals surface area contributed by atoms with Crippen molar-refractivity contribution in [2.45, 2.75) is 0 Å². The van der Waals surface area contributed by atoms with Gasteiger partial charge in [0.15, 0.2) is 11.1 Å². The lowest BCUT2D eigenvalue weighted by Crippen LogP contribution is -1.99. The van der Waals surface area contributed by atoms with E-state index in [1.165, 1.54) is 6.26 Å². The van der Waals surface area contributed by atoms with E-state index in [4.69, 9.17) is 5.11 Å². The largest absolute Gasteiger partial charge is 0.394 e. The van der Waals surface area contributed by atoms with Crippen molar-refractivity contribution in [2.75, 3.05) is 19.5 Å². The summed E-state index contributed by atoms with van der Waals surface area (Å²) in [7, 11) is 0. The summed E-state index contributed by atoms with van der Waals surface area (Å²) in [5.41, 5.74) is 0. The Morgan fingerprint density at radius 2 is 2.43 bits per heavy atom. The van der Waals surface area contributed by atoms with Crippen LogP contribution in [0.4, 0.5) is 0 Å². The lowest BCUT2D eigenvalue weighted by Gasteiger charge is -1.90. The number of aliphatic hydroxyl groups excluding tert-OH is 1. The Balaban J connectivity index is 2.82. The van der Waals surface area contributed by atoms with E-state index >= 15 is 0 Å². The molecule has 0 aliphatic carbocycles. The average Bonchev–Trinajstić information content (AvgIpc) is 1.61. The molecular formula is C3H8O3S. The van der Waals surface area contributed by atoms with Crippen LogP contribution in [0.25, 0.3) is 0 Å². The zero-order valence-corrected chi connectivity index (χ0v) is 4.90. The highest BCUT2D eigenvalue weighted by molar-refractivity contribution is 7.79. The third-order valence-corrected chi connectivity index (χ3v) is 0.839. The van der Waals surface area contributed by atoms with E-state index in [0.717, 1.165) is 0 Å². The number of hydrogen-bond donors (Lipinski definition) is 1. The first-order chi connectivity index (χ1) is 3.27. The van der Waals surface area contributed by atoms with E-state index in [1.54, 1.807) is 0 Å². The van der Waals surface area contributed by atoms with Gasteiger partial charge in [0.2, 0.25) is 0 Å². The molecule has 0 radical (unpaired) electrons. The molecule has 0 aliphatic rings. The van der Waals surface area contributed by atoms with E-state index < -0.39 is 11.1 Å². The van der Waals surface area contributed by atoms with Crippen LogP contribution < -0.4 is 0 Å². The van der Waals surface area contributed by atoms with Gasteiger partial charge in [-0.3, -0.25) is 4.18 Å². The molecule has 3 nitrogen and oxygen atoms in total. The van der Waals surface area contributed by atoms with Gasteiger partial charge in [0, 0.05) is 6.26 Å². The van der Waals surface area contributed by atoms with Gasteiger partial charge in [-0.25, -0.2) is 4.21 Å². The Morgan fingerprint density at radius 3 is 2.57 bits per heavy atom. The first kappa shape index (κ1) is 7.07. The standard InChI is InChI=1S/C3H8O3S/c1-7(5)6-3-2-4/h4H,2-3H2,1H3. The molecule has 0 aromatic rings. The predicted octanol–water partition coefficient (Wildman–Crippen LogP) is -0.711. The highest BCUT2D eigenvalue weighted by atomic mass is 32.2. The van der Waals surface area contributed by atoms with Crippen molar-refractivity contribution in [2.24, 2.45) is 0 Å². The summed E-state index contributed by atoms with van der Waals surface area (Å²) in [5.74, 6) is 0. The van der Waals surface area contributed by atoms with Crippen LogP contribution >= 0.6 is 0 Å². The lowest BCUT2D eigenvalue weighted by molar-refractivity contribution is 0.214. The Hall–Kier alpha value is 0.0700. The summed E-state index contributed by atoms with van der Waals surface area (Å²) < 4.78 is 14.4. The summed E-state index contributed by atoms with van der Waals surface area (Å²) in [6, 6.07) is 0. The van der Waals surface area contributed by atoms with Crippen molar-refractivity contribution < 1.29 is 13.5 Å². The van der Waals surface area contributed by atoms with Crippen LogP contribution in [0.15, 0.2) is 0 Å². The molecular weight excluding hydrogens is 116 g/mol. The van der Waals surface area contributed by atoms with Crippen molar-refractivity contribution in [1.82, 2.24) is 0 Å². The van der Waals surface area contributed by atoms with Crippen molar-refractivity contribution in [1.29, 1.82) is 0 Å². The monoisotopic (exact) mass is 124 g/mol. The zero-order valence-electron chi connectivity index (χ0n) is 4.09. The third-order valence-electron chi connectivity index (χ3n) is 0.341. The van der Waals surface area contributed by atoms with Gasteiger partial charge in [-0.15, -0.1) is 0 Å². The van der Waals surface area contributed by atoms with Gasteiger partial charge in [-0.05, 0) is 0 Å². The summed E-state index contributed by atoms with van der Waals surface area (Å²) in [4.78, 5) is 0. The minimum atomic E-state index is -1.23. The SMILES string of the molecule is CS(=O)OCCO. The Bertz CT molecular complexity index is 63.2. The molecule has 0 heterocycles. The second-order valence-electron chi connectivity index (χ2n) is 0.947. The lowest BCUT2D eigenvalue weighted by atomic mass is 10.8. The van der Waals surface area contributed by atoms with Gasteiger partial charge in [0.25, 0.3) is 0 Å². The first-order valence-electron chi connectivity index (χ1n) is 1.85. The van der Waals surface area contributed by atoms with Crippen LogP contribution in [0.2, 0.25) is 0 Å². The number of aliphatic hydroxyl groups is 1. The maximum Gasteiger partial charge on any atom is 0.152 e. The van der Waals surface area contributed by atoms with E-state index in [1.807, 2.05) is 0 Å². The minimum Gasteiger partial charge on any atom is -0.394 e. The van der Waals surface area contributed by atoms with Crippen LogP contribution in [0.1, 0.15) is 0 Å². The van der Waals surface area contributed by atoms with Crippen molar-refractivity contribution in [3.8, 4) is 0 Å². The topological polar surface area (TPSA) is 46.5 Å². The van der Waals surface area contributed by atoms with Gasteiger partial charge in [-0.2, -0.15) is 0 Å². The van der Waals surface area contributed by atoms with Crippen molar-refractivity contribution in [3.63, 3.8) is 0 Å². The van der Waals surface area contributed by atoms with E-state index in [9.17, 15) is 4.21 Å². The van der Waals surface area contributed by atoms with Crippen LogP contribution in [0.5, 0.6) is 0 Å². The molecule has 7 heavy (non-hydrogen) atoms. The molecule has 0 spiro atoms. The molecule has 0 aliphatic heterocycles. The molecule has 4 heteroatoms. The maximum absolute atomic E-state index is 9.98. The smallest absolute Gasteiger partial charge is 0.152 e. The minimum absolute atomic E-state index is 0.0699.